The molecule has 8 heteroatoms. The highest BCUT2D eigenvalue weighted by atomic mass is 32.2. The fourth-order valence-corrected chi connectivity index (χ4v) is 3.72. The van der Waals surface area contributed by atoms with Crippen LogP contribution in [-0.2, 0) is 10.0 Å². The van der Waals surface area contributed by atoms with Gasteiger partial charge in [0, 0.05) is 0 Å². The third kappa shape index (κ3) is 2.91. The summed E-state index contributed by atoms with van der Waals surface area (Å²) in [4.78, 5) is 10.7. The van der Waals surface area contributed by atoms with Crippen molar-refractivity contribution in [2.45, 2.75) is 4.21 Å². The molecule has 0 fully saturated rings. The summed E-state index contributed by atoms with van der Waals surface area (Å²) in [6.45, 7) is 0. The molecule has 0 spiro atoms. The molecule has 0 aliphatic rings. The van der Waals surface area contributed by atoms with E-state index in [1.165, 1.54) is 19.2 Å². The molecule has 0 unspecified atom stereocenters. The fraction of sp³-hybridized carbons (Fsp3) is 0.0833. The first-order valence-corrected chi connectivity index (χ1v) is 7.73. The van der Waals surface area contributed by atoms with Gasteiger partial charge in [0.05, 0.1) is 12.8 Å². The van der Waals surface area contributed by atoms with Gasteiger partial charge in [0.2, 0.25) is 0 Å². The van der Waals surface area contributed by atoms with Crippen molar-refractivity contribution in [2.24, 2.45) is 0 Å². The van der Waals surface area contributed by atoms with E-state index in [-0.39, 0.29) is 9.09 Å². The molecule has 2 aromatic rings. The summed E-state index contributed by atoms with van der Waals surface area (Å²) in [5.74, 6) is -0.778. The number of nitrogens with one attached hydrogen (secondary N) is 1. The molecule has 0 saturated carbocycles. The molecule has 0 saturated heterocycles. The third-order valence-electron chi connectivity index (χ3n) is 2.41. The zero-order chi connectivity index (χ0) is 14.8. The predicted octanol–water partition coefficient (Wildman–Crippen LogP) is 2.26. The molecule has 0 amide bonds. The van der Waals surface area contributed by atoms with Crippen LogP contribution in [0.5, 0.6) is 5.75 Å². The van der Waals surface area contributed by atoms with E-state index in [1.807, 2.05) is 0 Å². The largest absolute Gasteiger partial charge is 0.495 e. The number of hydrogen-bond acceptors (Lipinski definition) is 5. The van der Waals surface area contributed by atoms with Crippen LogP contribution in [0, 0.1) is 0 Å². The standard InChI is InChI=1S/C12H11NO5S2/c1-18-9-5-3-2-4-8(9)13-20(16,17)11-7-6-10(19-11)12(14)15/h2-7,13H,1H3,(H,14,15). The Morgan fingerprint density at radius 3 is 2.55 bits per heavy atom. The topological polar surface area (TPSA) is 92.7 Å². The van der Waals surface area contributed by atoms with Crippen LogP contribution in [0.25, 0.3) is 0 Å². The maximum atomic E-state index is 12.2. The number of rotatable bonds is 5. The van der Waals surface area contributed by atoms with Crippen LogP contribution in [0.4, 0.5) is 5.69 Å². The number of carboxylic acids is 1. The molecule has 0 bridgehead atoms. The Labute approximate surface area is 119 Å². The number of para-hydroxylation sites is 2. The van der Waals surface area contributed by atoms with Crippen molar-refractivity contribution in [1.29, 1.82) is 0 Å². The molecule has 1 aromatic carbocycles. The van der Waals surface area contributed by atoms with Crippen LogP contribution in [0.15, 0.2) is 40.6 Å². The Bertz CT molecular complexity index is 736. The monoisotopic (exact) mass is 313 g/mol. The number of benzene rings is 1. The first-order valence-electron chi connectivity index (χ1n) is 5.43. The first kappa shape index (κ1) is 14.4. The molecule has 0 aliphatic heterocycles. The van der Waals surface area contributed by atoms with Crippen molar-refractivity contribution in [3.63, 3.8) is 0 Å². The number of aromatic carboxylic acids is 1. The van der Waals surface area contributed by atoms with Gasteiger partial charge in [0.25, 0.3) is 10.0 Å². The third-order valence-corrected chi connectivity index (χ3v) is 5.34. The SMILES string of the molecule is COc1ccccc1NS(=O)(=O)c1ccc(C(=O)O)s1. The van der Waals surface area contributed by atoms with Gasteiger partial charge in [-0.25, -0.2) is 13.2 Å². The van der Waals surface area contributed by atoms with Gasteiger partial charge in [-0.1, -0.05) is 12.1 Å². The molecule has 2 rings (SSSR count). The van der Waals surface area contributed by atoms with E-state index < -0.39 is 16.0 Å². The van der Waals surface area contributed by atoms with E-state index in [4.69, 9.17) is 9.84 Å². The summed E-state index contributed by atoms with van der Waals surface area (Å²) >= 11 is 0.690. The van der Waals surface area contributed by atoms with Crippen molar-refractivity contribution in [3.05, 3.63) is 41.3 Å². The Kier molecular flexibility index (Phi) is 3.96. The van der Waals surface area contributed by atoms with E-state index in [2.05, 4.69) is 4.72 Å². The maximum absolute atomic E-state index is 12.2. The van der Waals surface area contributed by atoms with Crippen LogP contribution < -0.4 is 9.46 Å². The van der Waals surface area contributed by atoms with Gasteiger partial charge in [0.1, 0.15) is 14.8 Å². The van der Waals surface area contributed by atoms with Gasteiger partial charge in [-0.15, -0.1) is 11.3 Å². The normalized spacial score (nSPS) is 11.1. The van der Waals surface area contributed by atoms with E-state index in [0.717, 1.165) is 0 Å². The number of thiophene rings is 1. The molecule has 0 aliphatic carbocycles. The van der Waals surface area contributed by atoms with Crippen molar-refractivity contribution < 1.29 is 23.1 Å². The summed E-state index contributed by atoms with van der Waals surface area (Å²) in [6, 6.07) is 9.06. The Hall–Kier alpha value is -2.06. The van der Waals surface area contributed by atoms with Gasteiger partial charge in [-0.2, -0.15) is 0 Å². The highest BCUT2D eigenvalue weighted by Gasteiger charge is 2.20. The molecule has 6 nitrogen and oxygen atoms in total. The molecule has 0 radical (unpaired) electrons. The highest BCUT2D eigenvalue weighted by molar-refractivity contribution is 7.94. The summed E-state index contributed by atoms with van der Waals surface area (Å²) in [6.07, 6.45) is 0. The second-order valence-electron chi connectivity index (χ2n) is 3.73. The lowest BCUT2D eigenvalue weighted by atomic mass is 10.3. The molecule has 20 heavy (non-hydrogen) atoms. The van der Waals surface area contributed by atoms with Gasteiger partial charge in [0.15, 0.2) is 0 Å². The lowest BCUT2D eigenvalue weighted by Crippen LogP contribution is -2.12. The summed E-state index contributed by atoms with van der Waals surface area (Å²) in [5.41, 5.74) is 0.292. The van der Waals surface area contributed by atoms with Crippen molar-refractivity contribution in [3.8, 4) is 5.75 Å². The maximum Gasteiger partial charge on any atom is 0.345 e. The molecular weight excluding hydrogens is 302 g/mol. The van der Waals surface area contributed by atoms with Crippen LogP contribution in [0.2, 0.25) is 0 Å². The number of ether oxygens (including phenoxy) is 1. The number of carboxylic acid groups (broad SMARTS) is 1. The van der Waals surface area contributed by atoms with E-state index in [0.29, 0.717) is 22.8 Å². The van der Waals surface area contributed by atoms with Crippen molar-refractivity contribution in [2.75, 3.05) is 11.8 Å². The second kappa shape index (κ2) is 5.51. The molecular formula is C12H11NO5S2. The van der Waals surface area contributed by atoms with Crippen molar-refractivity contribution in [1.82, 2.24) is 0 Å². The Morgan fingerprint density at radius 1 is 1.25 bits per heavy atom. The highest BCUT2D eigenvalue weighted by Crippen LogP contribution is 2.28. The van der Waals surface area contributed by atoms with Gasteiger partial charge in [-0.3, -0.25) is 4.72 Å². The average molecular weight is 313 g/mol. The fourth-order valence-electron chi connectivity index (χ4n) is 1.50. The van der Waals surface area contributed by atoms with Gasteiger partial charge < -0.3 is 9.84 Å². The summed E-state index contributed by atoms with van der Waals surface area (Å²) in [5, 5.41) is 8.81. The number of carbonyl (C=O) groups is 1. The summed E-state index contributed by atoms with van der Waals surface area (Å²) < 4.78 is 31.7. The minimum absolute atomic E-state index is 0.0367. The van der Waals surface area contributed by atoms with E-state index in [1.54, 1.807) is 24.3 Å². The van der Waals surface area contributed by atoms with Crippen LogP contribution in [0.3, 0.4) is 0 Å². The Balaban J connectivity index is 2.33. The number of hydrogen-bond donors (Lipinski definition) is 2. The van der Waals surface area contributed by atoms with Gasteiger partial charge in [-0.05, 0) is 24.3 Å². The van der Waals surface area contributed by atoms with E-state index in [9.17, 15) is 13.2 Å². The number of anilines is 1. The zero-order valence-electron chi connectivity index (χ0n) is 10.4. The smallest absolute Gasteiger partial charge is 0.345 e. The minimum Gasteiger partial charge on any atom is -0.495 e. The first-order chi connectivity index (χ1) is 9.44. The van der Waals surface area contributed by atoms with E-state index >= 15 is 0 Å². The molecule has 1 heterocycles. The van der Waals surface area contributed by atoms with Gasteiger partial charge >= 0.3 is 5.97 Å². The Morgan fingerprint density at radius 2 is 1.95 bits per heavy atom. The number of sulfonamides is 1. The van der Waals surface area contributed by atoms with Crippen LogP contribution >= 0.6 is 11.3 Å². The lowest BCUT2D eigenvalue weighted by molar-refractivity contribution is 0.0702. The number of methoxy groups -OCH3 is 1. The minimum atomic E-state index is -3.83. The summed E-state index contributed by atoms with van der Waals surface area (Å²) in [7, 11) is -2.40. The zero-order valence-corrected chi connectivity index (χ0v) is 12.0. The molecule has 2 N–H and O–H groups in total. The predicted molar refractivity (Wildman–Crippen MR) is 75.1 cm³/mol. The van der Waals surface area contributed by atoms with Crippen molar-refractivity contribution >= 4 is 33.0 Å². The quantitative estimate of drug-likeness (QED) is 0.883. The molecule has 0 atom stereocenters. The lowest BCUT2D eigenvalue weighted by Gasteiger charge is -2.10. The molecule has 1 aromatic heterocycles. The van der Waals surface area contributed by atoms with Crippen LogP contribution in [-0.4, -0.2) is 26.6 Å². The average Bonchev–Trinajstić information content (AvgIpc) is 2.89. The molecule has 106 valence electrons. The second-order valence-corrected chi connectivity index (χ2v) is 6.72. The van der Waals surface area contributed by atoms with Crippen LogP contribution in [0.1, 0.15) is 9.67 Å².